The number of rotatable bonds is 6. The molecule has 1 atom stereocenters. The van der Waals surface area contributed by atoms with Crippen molar-refractivity contribution < 1.29 is 23.7 Å². The Labute approximate surface area is 144 Å². The highest BCUT2D eigenvalue weighted by Gasteiger charge is 2.30. The molecule has 0 radical (unpaired) electrons. The van der Waals surface area contributed by atoms with Gasteiger partial charge in [0.15, 0.2) is 11.5 Å². The summed E-state index contributed by atoms with van der Waals surface area (Å²) in [5, 5.41) is 16.5. The van der Waals surface area contributed by atoms with Crippen LogP contribution in [0.5, 0.6) is 0 Å². The normalized spacial score (nSPS) is 17.6. The first-order valence-corrected chi connectivity index (χ1v) is 8.42. The number of carbonyl (C=O) groups is 2. The second kappa shape index (κ2) is 7.50. The molecule has 25 heavy (non-hydrogen) atoms. The second-order valence-corrected chi connectivity index (χ2v) is 6.36. The first kappa shape index (κ1) is 17.2. The Morgan fingerprint density at radius 3 is 2.92 bits per heavy atom. The minimum Gasteiger partial charge on any atom is -0.481 e. The van der Waals surface area contributed by atoms with Gasteiger partial charge in [-0.2, -0.15) is 0 Å². The van der Waals surface area contributed by atoms with Crippen LogP contribution in [-0.2, 0) is 9.59 Å². The van der Waals surface area contributed by atoms with Crippen molar-refractivity contribution in [3.8, 4) is 11.3 Å². The molecule has 0 aliphatic carbocycles. The zero-order valence-corrected chi connectivity index (χ0v) is 14.1. The van der Waals surface area contributed by atoms with E-state index >= 15 is 0 Å². The molecule has 0 aromatic carbocycles. The number of hydrogen-bond acceptors (Lipinski definition) is 6. The summed E-state index contributed by atoms with van der Waals surface area (Å²) in [6.07, 6.45) is 4.01. The quantitative estimate of drug-likeness (QED) is 0.855. The van der Waals surface area contributed by atoms with E-state index in [1.807, 2.05) is 13.0 Å². The number of aryl methyl sites for hydroxylation is 1. The lowest BCUT2D eigenvalue weighted by molar-refractivity contribution is -0.137. The Morgan fingerprint density at radius 2 is 2.20 bits per heavy atom. The number of aromatic nitrogens is 2. The topological polar surface area (TPSA) is 110 Å². The zero-order chi connectivity index (χ0) is 17.8. The molecule has 3 heterocycles. The third kappa shape index (κ3) is 4.07. The van der Waals surface area contributed by atoms with Gasteiger partial charge < -0.3 is 19.1 Å². The number of amides is 1. The monoisotopic (exact) mass is 347 g/mol. The number of nitrogens with zero attached hydrogens (tertiary/aromatic N) is 3. The third-order valence-electron chi connectivity index (χ3n) is 4.42. The maximum atomic E-state index is 12.3. The van der Waals surface area contributed by atoms with Crippen molar-refractivity contribution in [2.45, 2.75) is 44.9 Å². The molecule has 8 nitrogen and oxygen atoms in total. The van der Waals surface area contributed by atoms with E-state index in [4.69, 9.17) is 14.2 Å². The Balaban J connectivity index is 1.67. The van der Waals surface area contributed by atoms with Crippen molar-refractivity contribution in [1.82, 2.24) is 15.2 Å². The smallest absolute Gasteiger partial charge is 0.303 e. The van der Waals surface area contributed by atoms with E-state index < -0.39 is 5.97 Å². The van der Waals surface area contributed by atoms with Gasteiger partial charge in [-0.25, -0.2) is 0 Å². The summed E-state index contributed by atoms with van der Waals surface area (Å²) in [6.45, 7) is 3.08. The fraction of sp³-hybridized carbons (Fsp3) is 0.529. The molecule has 2 aromatic rings. The highest BCUT2D eigenvalue weighted by atomic mass is 16.5. The number of carboxylic acid groups (broad SMARTS) is 1. The van der Waals surface area contributed by atoms with Gasteiger partial charge in [-0.05, 0) is 26.2 Å². The summed E-state index contributed by atoms with van der Waals surface area (Å²) in [5.74, 6) is 0.471. The van der Waals surface area contributed by atoms with Crippen LogP contribution >= 0.6 is 0 Å². The highest BCUT2D eigenvalue weighted by Crippen LogP contribution is 2.34. The van der Waals surface area contributed by atoms with Crippen molar-refractivity contribution in [3.05, 3.63) is 23.7 Å². The Hall–Kier alpha value is -2.64. The molecule has 3 rings (SSSR count). The van der Waals surface area contributed by atoms with Gasteiger partial charge in [-0.3, -0.25) is 9.59 Å². The number of hydrogen-bond donors (Lipinski definition) is 1. The number of piperidine rings is 1. The summed E-state index contributed by atoms with van der Waals surface area (Å²) in [7, 11) is 0. The fourth-order valence-corrected chi connectivity index (χ4v) is 3.19. The molecule has 1 fully saturated rings. The molecule has 0 bridgehead atoms. The molecule has 134 valence electrons. The summed E-state index contributed by atoms with van der Waals surface area (Å²) < 4.78 is 10.8. The van der Waals surface area contributed by atoms with Crippen LogP contribution in [-0.4, -0.2) is 45.3 Å². The van der Waals surface area contributed by atoms with Gasteiger partial charge in [0.1, 0.15) is 0 Å². The van der Waals surface area contributed by atoms with Crippen molar-refractivity contribution >= 4 is 11.9 Å². The van der Waals surface area contributed by atoms with Crippen LogP contribution in [0.3, 0.4) is 0 Å². The molecule has 0 saturated carbocycles. The maximum absolute atomic E-state index is 12.3. The van der Waals surface area contributed by atoms with Gasteiger partial charge in [-0.15, -0.1) is 0 Å². The van der Waals surface area contributed by atoms with Gasteiger partial charge in [0.2, 0.25) is 5.91 Å². The third-order valence-corrected chi connectivity index (χ3v) is 4.42. The van der Waals surface area contributed by atoms with Gasteiger partial charge in [0, 0.05) is 37.9 Å². The Kier molecular flexibility index (Phi) is 5.16. The molecule has 8 heteroatoms. The second-order valence-electron chi connectivity index (χ2n) is 6.36. The van der Waals surface area contributed by atoms with Crippen LogP contribution in [0, 0.1) is 6.92 Å². The van der Waals surface area contributed by atoms with Gasteiger partial charge in [0.25, 0.3) is 0 Å². The number of likely N-dealkylation sites (tertiary alicyclic amines) is 1. The molecule has 2 aromatic heterocycles. The van der Waals surface area contributed by atoms with Crippen LogP contribution in [0.15, 0.2) is 21.3 Å². The SMILES string of the molecule is Cc1cc(-c2cnoc2[C@@H]2CCCN(C(=O)CCCC(=O)O)C2)on1. The van der Waals surface area contributed by atoms with E-state index in [9.17, 15) is 9.59 Å². The van der Waals surface area contributed by atoms with Crippen molar-refractivity contribution in [2.24, 2.45) is 0 Å². The predicted octanol–water partition coefficient (Wildman–Crippen LogP) is 2.60. The van der Waals surface area contributed by atoms with Crippen molar-refractivity contribution in [3.63, 3.8) is 0 Å². The molecular weight excluding hydrogens is 326 g/mol. The van der Waals surface area contributed by atoms with Crippen LogP contribution < -0.4 is 0 Å². The number of carboxylic acids is 1. The summed E-state index contributed by atoms with van der Waals surface area (Å²) in [4.78, 5) is 24.7. The number of carbonyl (C=O) groups excluding carboxylic acids is 1. The lowest BCUT2D eigenvalue weighted by Crippen LogP contribution is -2.39. The van der Waals surface area contributed by atoms with Crippen molar-refractivity contribution in [1.29, 1.82) is 0 Å². The molecule has 1 aliphatic rings. The lowest BCUT2D eigenvalue weighted by atomic mass is 9.92. The minimum atomic E-state index is -0.877. The predicted molar refractivity (Wildman–Crippen MR) is 86.8 cm³/mol. The molecule has 1 aliphatic heterocycles. The van der Waals surface area contributed by atoms with E-state index in [-0.39, 0.29) is 24.7 Å². The average Bonchev–Trinajstić information content (AvgIpc) is 3.23. The maximum Gasteiger partial charge on any atom is 0.303 e. The molecule has 0 unspecified atom stereocenters. The van der Waals surface area contributed by atoms with Crippen LogP contribution in [0.1, 0.15) is 49.5 Å². The number of aliphatic carboxylic acids is 1. The fourth-order valence-electron chi connectivity index (χ4n) is 3.19. The Bertz CT molecular complexity index is 751. The zero-order valence-electron chi connectivity index (χ0n) is 14.1. The average molecular weight is 347 g/mol. The molecule has 1 saturated heterocycles. The Morgan fingerprint density at radius 1 is 1.36 bits per heavy atom. The molecule has 0 spiro atoms. The van der Waals surface area contributed by atoms with E-state index in [0.717, 1.165) is 24.1 Å². The van der Waals surface area contributed by atoms with Crippen LogP contribution in [0.2, 0.25) is 0 Å². The van der Waals surface area contributed by atoms with E-state index in [1.54, 1.807) is 11.1 Å². The van der Waals surface area contributed by atoms with E-state index in [1.165, 1.54) is 0 Å². The lowest BCUT2D eigenvalue weighted by Gasteiger charge is -2.32. The standard InChI is InChI=1S/C17H21N3O5/c1-11-8-14(24-19-11)13-9-18-25-17(13)12-4-3-7-20(10-12)15(21)5-2-6-16(22)23/h8-9,12H,2-7,10H2,1H3,(H,22,23)/t12-/m1/s1. The minimum absolute atomic E-state index is 0.0116. The molecular formula is C17H21N3O5. The first-order chi connectivity index (χ1) is 12.0. The van der Waals surface area contributed by atoms with Crippen molar-refractivity contribution in [2.75, 3.05) is 13.1 Å². The summed E-state index contributed by atoms with van der Waals surface area (Å²) in [5.41, 5.74) is 1.55. The summed E-state index contributed by atoms with van der Waals surface area (Å²) in [6, 6.07) is 1.83. The van der Waals surface area contributed by atoms with Crippen LogP contribution in [0.25, 0.3) is 11.3 Å². The largest absolute Gasteiger partial charge is 0.481 e. The molecule has 1 N–H and O–H groups in total. The van der Waals surface area contributed by atoms with E-state index in [0.29, 0.717) is 31.0 Å². The van der Waals surface area contributed by atoms with Crippen LogP contribution in [0.4, 0.5) is 0 Å². The van der Waals surface area contributed by atoms with Gasteiger partial charge >= 0.3 is 5.97 Å². The van der Waals surface area contributed by atoms with Gasteiger partial charge in [-0.1, -0.05) is 10.3 Å². The summed E-state index contributed by atoms with van der Waals surface area (Å²) >= 11 is 0. The highest BCUT2D eigenvalue weighted by molar-refractivity contribution is 5.77. The van der Waals surface area contributed by atoms with Gasteiger partial charge in [0.05, 0.1) is 17.5 Å². The first-order valence-electron chi connectivity index (χ1n) is 8.42. The molecule has 1 amide bonds. The van der Waals surface area contributed by atoms with E-state index in [2.05, 4.69) is 10.3 Å².